The Morgan fingerprint density at radius 2 is 1.89 bits per heavy atom. The second-order valence-corrected chi connectivity index (χ2v) is 4.40. The van der Waals surface area contributed by atoms with Gasteiger partial charge in [0.05, 0.1) is 6.54 Å². The van der Waals surface area contributed by atoms with Crippen LogP contribution in [0.3, 0.4) is 0 Å². The number of hydrogen-bond donors (Lipinski definition) is 0. The van der Waals surface area contributed by atoms with Crippen LogP contribution < -0.4 is 0 Å². The van der Waals surface area contributed by atoms with E-state index in [0.29, 0.717) is 5.65 Å². The molecule has 0 saturated heterocycles. The molecule has 0 unspecified atom stereocenters. The van der Waals surface area contributed by atoms with Crippen molar-refractivity contribution >= 4 is 22.6 Å². The highest BCUT2D eigenvalue weighted by Gasteiger charge is 2.11. The summed E-state index contributed by atoms with van der Waals surface area (Å²) in [5.74, 6) is -1.16. The molecule has 3 aromatic rings. The van der Waals surface area contributed by atoms with Crippen LogP contribution in [0.25, 0.3) is 11.0 Å². The molecule has 19 heavy (non-hydrogen) atoms. The summed E-state index contributed by atoms with van der Waals surface area (Å²) in [6, 6.07) is 5.56. The second kappa shape index (κ2) is 4.59. The monoisotopic (exact) mass is 279 g/mol. The van der Waals surface area contributed by atoms with Gasteiger partial charge in [-0.25, -0.2) is 13.8 Å². The van der Waals surface area contributed by atoms with E-state index in [1.54, 1.807) is 23.0 Å². The molecule has 0 atom stereocenters. The molecule has 0 fully saturated rings. The van der Waals surface area contributed by atoms with Crippen LogP contribution in [0.15, 0.2) is 36.7 Å². The van der Waals surface area contributed by atoms with E-state index in [1.165, 1.54) is 18.2 Å². The van der Waals surface area contributed by atoms with Crippen molar-refractivity contribution in [3.05, 3.63) is 59.1 Å². The lowest BCUT2D eigenvalue weighted by Crippen LogP contribution is -2.04. The van der Waals surface area contributed by atoms with Gasteiger partial charge >= 0.3 is 0 Å². The highest BCUT2D eigenvalue weighted by atomic mass is 35.5. The summed E-state index contributed by atoms with van der Waals surface area (Å²) in [6.45, 7) is 0.0509. The molecule has 0 amide bonds. The van der Waals surface area contributed by atoms with Crippen molar-refractivity contribution in [2.24, 2.45) is 0 Å². The first-order chi connectivity index (χ1) is 9.15. The van der Waals surface area contributed by atoms with Crippen molar-refractivity contribution in [1.82, 2.24) is 14.5 Å². The Kier molecular flexibility index (Phi) is 2.91. The summed E-state index contributed by atoms with van der Waals surface area (Å²) in [5.41, 5.74) is 0.539. The van der Waals surface area contributed by atoms with E-state index in [1.807, 2.05) is 0 Å². The lowest BCUT2D eigenvalue weighted by molar-refractivity contribution is 0.546. The first-order valence-electron chi connectivity index (χ1n) is 5.55. The van der Waals surface area contributed by atoms with Crippen LogP contribution >= 0.6 is 11.6 Å². The van der Waals surface area contributed by atoms with E-state index in [0.717, 1.165) is 5.39 Å². The van der Waals surface area contributed by atoms with Gasteiger partial charge < -0.3 is 4.57 Å². The number of fused-ring (bicyclic) bond motifs is 1. The minimum Gasteiger partial charge on any atom is -0.328 e. The fourth-order valence-electron chi connectivity index (χ4n) is 1.93. The SMILES string of the molecule is Fc1cccc(F)c1Cn1ccc2cnc(Cl)nc21. The molecule has 3 nitrogen and oxygen atoms in total. The Bertz CT molecular complexity index is 734. The summed E-state index contributed by atoms with van der Waals surface area (Å²) in [4.78, 5) is 7.92. The van der Waals surface area contributed by atoms with Gasteiger partial charge in [0.1, 0.15) is 17.3 Å². The second-order valence-electron chi connectivity index (χ2n) is 4.06. The predicted octanol–water partition coefficient (Wildman–Crippen LogP) is 3.41. The average Bonchev–Trinajstić information content (AvgIpc) is 2.76. The predicted molar refractivity (Wildman–Crippen MR) is 68.0 cm³/mol. The molecule has 2 aromatic heterocycles. The summed E-state index contributed by atoms with van der Waals surface area (Å²) in [5, 5.41) is 0.864. The minimum absolute atomic E-state index is 0.00488. The number of hydrogen-bond acceptors (Lipinski definition) is 2. The van der Waals surface area contributed by atoms with Gasteiger partial charge in [-0.2, -0.15) is 4.98 Å². The smallest absolute Gasteiger partial charge is 0.224 e. The van der Waals surface area contributed by atoms with Crippen molar-refractivity contribution in [3.63, 3.8) is 0 Å². The van der Waals surface area contributed by atoms with E-state index in [2.05, 4.69) is 9.97 Å². The van der Waals surface area contributed by atoms with E-state index in [-0.39, 0.29) is 17.4 Å². The fraction of sp³-hybridized carbons (Fsp3) is 0.0769. The molecule has 0 aliphatic rings. The zero-order valence-corrected chi connectivity index (χ0v) is 10.4. The van der Waals surface area contributed by atoms with E-state index >= 15 is 0 Å². The first-order valence-corrected chi connectivity index (χ1v) is 5.93. The van der Waals surface area contributed by atoms with Crippen molar-refractivity contribution < 1.29 is 8.78 Å². The van der Waals surface area contributed by atoms with Crippen LogP contribution in [0.2, 0.25) is 5.28 Å². The third kappa shape index (κ3) is 2.17. The molecule has 0 spiro atoms. The highest BCUT2D eigenvalue weighted by Crippen LogP contribution is 2.19. The van der Waals surface area contributed by atoms with Gasteiger partial charge in [0.25, 0.3) is 0 Å². The Balaban J connectivity index is 2.08. The maximum Gasteiger partial charge on any atom is 0.224 e. The number of nitrogens with zero attached hydrogens (tertiary/aromatic N) is 3. The molecular formula is C13H8ClF2N3. The van der Waals surface area contributed by atoms with Gasteiger partial charge in [0.2, 0.25) is 5.28 Å². The molecule has 0 aliphatic carbocycles. The number of aromatic nitrogens is 3. The molecule has 96 valence electrons. The van der Waals surface area contributed by atoms with Gasteiger partial charge in [0, 0.05) is 23.3 Å². The van der Waals surface area contributed by atoms with Crippen LogP contribution in [0.5, 0.6) is 0 Å². The minimum atomic E-state index is -0.581. The molecule has 6 heteroatoms. The number of benzene rings is 1. The van der Waals surface area contributed by atoms with E-state index < -0.39 is 11.6 Å². The maximum absolute atomic E-state index is 13.6. The highest BCUT2D eigenvalue weighted by molar-refractivity contribution is 6.28. The van der Waals surface area contributed by atoms with Gasteiger partial charge in [-0.1, -0.05) is 6.07 Å². The molecule has 3 rings (SSSR count). The lowest BCUT2D eigenvalue weighted by Gasteiger charge is -2.07. The van der Waals surface area contributed by atoms with Gasteiger partial charge in [-0.15, -0.1) is 0 Å². The first kappa shape index (κ1) is 12.0. The van der Waals surface area contributed by atoms with Gasteiger partial charge in [-0.3, -0.25) is 0 Å². The zero-order chi connectivity index (χ0) is 13.4. The normalized spacial score (nSPS) is 11.1. The molecule has 0 N–H and O–H groups in total. The van der Waals surface area contributed by atoms with Crippen LogP contribution in [0, 0.1) is 11.6 Å². The Morgan fingerprint density at radius 3 is 2.63 bits per heavy atom. The topological polar surface area (TPSA) is 30.7 Å². The molecule has 0 radical (unpaired) electrons. The summed E-state index contributed by atoms with van der Waals surface area (Å²) >= 11 is 5.73. The summed E-state index contributed by atoms with van der Waals surface area (Å²) in [6.07, 6.45) is 3.26. The zero-order valence-electron chi connectivity index (χ0n) is 9.65. The summed E-state index contributed by atoms with van der Waals surface area (Å²) in [7, 11) is 0. The summed E-state index contributed by atoms with van der Waals surface area (Å²) < 4.78 is 28.8. The van der Waals surface area contributed by atoms with Crippen molar-refractivity contribution in [2.45, 2.75) is 6.54 Å². The van der Waals surface area contributed by atoms with Crippen LogP contribution in [0.1, 0.15) is 5.56 Å². The third-order valence-electron chi connectivity index (χ3n) is 2.86. The third-order valence-corrected chi connectivity index (χ3v) is 3.04. The Labute approximate surface area is 112 Å². The fourth-order valence-corrected chi connectivity index (χ4v) is 2.06. The molecule has 0 saturated carbocycles. The maximum atomic E-state index is 13.6. The molecule has 0 aliphatic heterocycles. The van der Waals surface area contributed by atoms with Crippen LogP contribution in [0.4, 0.5) is 8.78 Å². The quantitative estimate of drug-likeness (QED) is 0.673. The van der Waals surface area contributed by atoms with Crippen molar-refractivity contribution in [2.75, 3.05) is 0 Å². The van der Waals surface area contributed by atoms with Gasteiger partial charge in [0.15, 0.2) is 0 Å². The average molecular weight is 280 g/mol. The lowest BCUT2D eigenvalue weighted by atomic mass is 10.2. The Hall–Kier alpha value is -2.01. The van der Waals surface area contributed by atoms with Gasteiger partial charge in [-0.05, 0) is 29.8 Å². The van der Waals surface area contributed by atoms with Crippen molar-refractivity contribution in [3.8, 4) is 0 Å². The van der Waals surface area contributed by atoms with E-state index in [9.17, 15) is 8.78 Å². The Morgan fingerprint density at radius 1 is 1.16 bits per heavy atom. The molecule has 1 aromatic carbocycles. The molecular weight excluding hydrogens is 272 g/mol. The number of rotatable bonds is 2. The molecule has 0 bridgehead atoms. The standard InChI is InChI=1S/C13H8ClF2N3/c14-13-17-6-8-4-5-19(12(8)18-13)7-9-10(15)2-1-3-11(9)16/h1-6H,7H2. The van der Waals surface area contributed by atoms with Crippen LogP contribution in [-0.2, 0) is 6.54 Å². The largest absolute Gasteiger partial charge is 0.328 e. The van der Waals surface area contributed by atoms with Crippen LogP contribution in [-0.4, -0.2) is 14.5 Å². The number of halogens is 3. The molecule has 2 heterocycles. The van der Waals surface area contributed by atoms with Crippen molar-refractivity contribution in [1.29, 1.82) is 0 Å². The van der Waals surface area contributed by atoms with E-state index in [4.69, 9.17) is 11.6 Å².